The minimum Gasteiger partial charge on any atom is -0.296 e. The third kappa shape index (κ3) is 2.18. The summed E-state index contributed by atoms with van der Waals surface area (Å²) >= 11 is 0. The van der Waals surface area contributed by atoms with Crippen LogP contribution in [0.3, 0.4) is 0 Å². The van der Waals surface area contributed by atoms with Crippen molar-refractivity contribution in [1.82, 2.24) is 9.55 Å². The molecule has 4 aliphatic carbocycles. The monoisotopic (exact) mass is 348 g/mol. The second kappa shape index (κ2) is 5.21. The number of rotatable bonds is 2. The van der Waals surface area contributed by atoms with E-state index < -0.39 is 0 Å². The maximum Gasteiger partial charge on any atom is 0.261 e. The van der Waals surface area contributed by atoms with E-state index in [-0.39, 0.29) is 5.56 Å². The fraction of sp³-hybridized carbons (Fsp3) is 0.652. The van der Waals surface area contributed by atoms with Crippen LogP contribution >= 0.6 is 0 Å². The van der Waals surface area contributed by atoms with Crippen molar-refractivity contribution in [2.24, 2.45) is 23.2 Å². The van der Waals surface area contributed by atoms with E-state index in [4.69, 9.17) is 4.98 Å². The van der Waals surface area contributed by atoms with Gasteiger partial charge in [0, 0.05) is 12.5 Å². The van der Waals surface area contributed by atoms with Crippen LogP contribution in [0.1, 0.15) is 68.7 Å². The molecule has 0 amide bonds. The van der Waals surface area contributed by atoms with Gasteiger partial charge in [0.25, 0.3) is 5.56 Å². The molecule has 4 saturated carbocycles. The third-order valence-corrected chi connectivity index (χ3v) is 8.05. The number of aromatic nitrogens is 2. The molecule has 1 aromatic heterocycles. The number of aryl methyl sites for hydroxylation is 1. The first-order valence-electron chi connectivity index (χ1n) is 10.6. The zero-order valence-corrected chi connectivity index (χ0v) is 15.7. The maximum atomic E-state index is 13.0. The molecule has 1 aromatic carbocycles. The number of hydrogen-bond acceptors (Lipinski definition) is 2. The predicted molar refractivity (Wildman–Crippen MR) is 103 cm³/mol. The number of hydrogen-bond donors (Lipinski definition) is 0. The molecule has 0 radical (unpaired) electrons. The van der Waals surface area contributed by atoms with E-state index in [2.05, 4.69) is 6.07 Å². The Morgan fingerprint density at radius 3 is 2.50 bits per heavy atom. The average molecular weight is 348 g/mol. The minimum atomic E-state index is 0.182. The van der Waals surface area contributed by atoms with Crippen LogP contribution in [0.4, 0.5) is 0 Å². The minimum absolute atomic E-state index is 0.182. The van der Waals surface area contributed by atoms with Gasteiger partial charge in [0.1, 0.15) is 5.82 Å². The molecule has 2 heterocycles. The van der Waals surface area contributed by atoms with Crippen LogP contribution in [0, 0.1) is 30.1 Å². The molecule has 2 aromatic rings. The van der Waals surface area contributed by atoms with Crippen molar-refractivity contribution in [2.45, 2.75) is 70.8 Å². The van der Waals surface area contributed by atoms with Gasteiger partial charge in [-0.05, 0) is 93.6 Å². The van der Waals surface area contributed by atoms with Gasteiger partial charge in [-0.15, -0.1) is 0 Å². The molecule has 0 N–H and O–H groups in total. The van der Waals surface area contributed by atoms with Crippen LogP contribution in [-0.4, -0.2) is 9.55 Å². The molecule has 3 heteroatoms. The highest BCUT2D eigenvalue weighted by atomic mass is 16.1. The molecule has 26 heavy (non-hydrogen) atoms. The maximum absolute atomic E-state index is 13.0. The highest BCUT2D eigenvalue weighted by Gasteiger charge is 2.51. The lowest BCUT2D eigenvalue weighted by atomic mass is 9.48. The normalized spacial score (nSPS) is 37.4. The number of nitrogens with zero attached hydrogens (tertiary/aromatic N) is 2. The van der Waals surface area contributed by atoms with Gasteiger partial charge >= 0.3 is 0 Å². The topological polar surface area (TPSA) is 34.9 Å². The lowest BCUT2D eigenvalue weighted by molar-refractivity contribution is -0.0608. The Hall–Kier alpha value is -1.64. The molecule has 3 nitrogen and oxygen atoms in total. The van der Waals surface area contributed by atoms with Gasteiger partial charge in [0.2, 0.25) is 0 Å². The summed E-state index contributed by atoms with van der Waals surface area (Å²) in [5, 5.41) is 0.796. The van der Waals surface area contributed by atoms with Crippen molar-refractivity contribution in [3.63, 3.8) is 0 Å². The van der Waals surface area contributed by atoms with Crippen LogP contribution in [0.25, 0.3) is 10.9 Å². The van der Waals surface area contributed by atoms with Crippen LogP contribution in [0.2, 0.25) is 0 Å². The molecule has 5 aliphatic rings. The first-order valence-corrected chi connectivity index (χ1v) is 10.6. The van der Waals surface area contributed by atoms with E-state index in [9.17, 15) is 4.79 Å². The summed E-state index contributed by atoms with van der Waals surface area (Å²) in [6, 6.07) is 6.12. The van der Waals surface area contributed by atoms with Gasteiger partial charge in [0.15, 0.2) is 0 Å². The van der Waals surface area contributed by atoms with Crippen molar-refractivity contribution in [1.29, 1.82) is 0 Å². The highest BCUT2D eigenvalue weighted by molar-refractivity contribution is 5.78. The van der Waals surface area contributed by atoms with E-state index in [1.165, 1.54) is 44.9 Å². The standard InChI is InChI=1S/C23H28N2O/c1-14-2-3-20-19(6-14)22(26)25-5-4-18(21(25)24-20)13-23-10-15-7-16(11-23)9-17(8-15)12-23/h2-3,6,15-18H,4-5,7-13H2,1H3. The quantitative estimate of drug-likeness (QED) is 0.781. The van der Waals surface area contributed by atoms with Crippen LogP contribution in [0.5, 0.6) is 0 Å². The van der Waals surface area contributed by atoms with Crippen molar-refractivity contribution in [3.8, 4) is 0 Å². The highest BCUT2D eigenvalue weighted by Crippen LogP contribution is 2.63. The second-order valence-corrected chi connectivity index (χ2v) is 10.1. The van der Waals surface area contributed by atoms with Crippen molar-refractivity contribution in [3.05, 3.63) is 39.9 Å². The Morgan fingerprint density at radius 2 is 1.81 bits per heavy atom. The molecular formula is C23H28N2O. The number of fused-ring (bicyclic) bond motifs is 2. The molecule has 1 atom stereocenters. The fourth-order valence-corrected chi connectivity index (χ4v) is 7.55. The van der Waals surface area contributed by atoms with Crippen LogP contribution in [0.15, 0.2) is 23.0 Å². The third-order valence-electron chi connectivity index (χ3n) is 8.05. The molecule has 4 bridgehead atoms. The first kappa shape index (κ1) is 15.4. The Morgan fingerprint density at radius 1 is 1.12 bits per heavy atom. The van der Waals surface area contributed by atoms with E-state index in [0.29, 0.717) is 11.3 Å². The predicted octanol–water partition coefficient (Wildman–Crippen LogP) is 4.80. The van der Waals surface area contributed by atoms with Gasteiger partial charge in [-0.1, -0.05) is 11.6 Å². The molecule has 136 valence electrons. The van der Waals surface area contributed by atoms with Crippen molar-refractivity contribution < 1.29 is 0 Å². The van der Waals surface area contributed by atoms with Gasteiger partial charge in [-0.25, -0.2) is 4.98 Å². The zero-order valence-electron chi connectivity index (χ0n) is 15.7. The summed E-state index contributed by atoms with van der Waals surface area (Å²) in [6.07, 6.45) is 11.2. The molecular weight excluding hydrogens is 320 g/mol. The smallest absolute Gasteiger partial charge is 0.261 e. The first-order chi connectivity index (χ1) is 12.6. The summed E-state index contributed by atoms with van der Waals surface area (Å²) < 4.78 is 1.99. The summed E-state index contributed by atoms with van der Waals surface area (Å²) in [7, 11) is 0. The van der Waals surface area contributed by atoms with Gasteiger partial charge in [-0.2, -0.15) is 0 Å². The Labute approximate surface area is 154 Å². The molecule has 0 spiro atoms. The summed E-state index contributed by atoms with van der Waals surface area (Å²) in [5.41, 5.74) is 2.78. The Balaban J connectivity index is 1.38. The van der Waals surface area contributed by atoms with E-state index in [0.717, 1.165) is 53.0 Å². The largest absolute Gasteiger partial charge is 0.296 e. The molecule has 7 rings (SSSR count). The number of benzene rings is 1. The van der Waals surface area contributed by atoms with Crippen molar-refractivity contribution in [2.75, 3.05) is 0 Å². The summed E-state index contributed by atoms with van der Waals surface area (Å²) in [6.45, 7) is 2.91. The lowest BCUT2D eigenvalue weighted by Crippen LogP contribution is -2.46. The van der Waals surface area contributed by atoms with E-state index in [1.54, 1.807) is 0 Å². The van der Waals surface area contributed by atoms with E-state index in [1.807, 2.05) is 23.6 Å². The Bertz CT molecular complexity index is 921. The molecule has 0 saturated heterocycles. The van der Waals surface area contributed by atoms with Gasteiger partial charge in [0.05, 0.1) is 10.9 Å². The van der Waals surface area contributed by atoms with Crippen molar-refractivity contribution >= 4 is 10.9 Å². The van der Waals surface area contributed by atoms with Gasteiger partial charge in [-0.3, -0.25) is 9.36 Å². The molecule has 1 aliphatic heterocycles. The van der Waals surface area contributed by atoms with Gasteiger partial charge < -0.3 is 0 Å². The average Bonchev–Trinajstić information content (AvgIpc) is 2.97. The molecule has 1 unspecified atom stereocenters. The summed E-state index contributed by atoms with van der Waals surface area (Å²) in [4.78, 5) is 18.0. The summed E-state index contributed by atoms with van der Waals surface area (Å²) in [5.74, 6) is 4.57. The zero-order chi connectivity index (χ0) is 17.5. The fourth-order valence-electron chi connectivity index (χ4n) is 7.55. The SMILES string of the molecule is Cc1ccc2nc3n(c(=O)c2c1)CCC3CC12CC3CC(CC(C3)C1)C2. The lowest BCUT2D eigenvalue weighted by Gasteiger charge is -2.57. The second-order valence-electron chi connectivity index (χ2n) is 10.1. The van der Waals surface area contributed by atoms with E-state index >= 15 is 0 Å². The Kier molecular flexibility index (Phi) is 3.09. The van der Waals surface area contributed by atoms with Crippen LogP contribution in [-0.2, 0) is 6.54 Å². The molecule has 4 fully saturated rings. The van der Waals surface area contributed by atoms with Crippen LogP contribution < -0.4 is 5.56 Å².